The van der Waals surface area contributed by atoms with Crippen molar-refractivity contribution in [3.05, 3.63) is 91.5 Å². The molecule has 0 amide bonds. The van der Waals surface area contributed by atoms with Crippen LogP contribution in [-0.2, 0) is 67.9 Å². The Kier molecular flexibility index (Phi) is 27.1. The number of ether oxygens (including phenoxy) is 4. The number of rotatable bonds is 31. The number of nitro groups is 2. The monoisotopic (exact) mass is 1530 g/mol. The van der Waals surface area contributed by atoms with Gasteiger partial charge in [-0.25, -0.2) is 37.4 Å². The van der Waals surface area contributed by atoms with Crippen molar-refractivity contribution in [2.24, 2.45) is 11.5 Å². The smallest absolute Gasteiger partial charge is 0.468 e. The van der Waals surface area contributed by atoms with Crippen LogP contribution in [0, 0.1) is 43.9 Å². The Bertz CT molecular complexity index is 4440. The molecule has 2 fully saturated rings. The highest BCUT2D eigenvalue weighted by Crippen LogP contribution is 2.67. The van der Waals surface area contributed by atoms with Crippen LogP contribution in [0.15, 0.2) is 49.1 Å². The van der Waals surface area contributed by atoms with Gasteiger partial charge in [0.05, 0.1) is 65.6 Å². The standard InChI is InChI=1S/C28H38N7O16P3.C21H26N7O15P3/c1-17(20-11-10-18(13-21(20)35(38)39)7-4-5-9-19(36)8-3-2-6-12-29)48-27-25-26(32-28(30)33-27)34(16-31-25)24-14-22(37)23(49-24)15-47-53(43,44)51-54(45,46)50-52(40,41)42;1-11(13-5-4-12(3-2-6-22)7-14(13)28(30)31)40-20-18-19(25-21(23)26-20)27(10-24-18)17-8-15(29)16(41-17)9-39-45(35,36)43-46(37,38)42-44(32,33)34/h10-11,13,16-17,22-24,37H,2-3,5-6,8-9,12,14-15,29H2,1H3,(H,43,44)(H,45,46)(H2,30,32,33)(H2,40,41,42);4-5,7,10-11,15-17,29H,6,8-9,22H2,1H3,(H,35,36)(H,37,38)(H2,23,25,26)(H2,32,33,34)/t17-,22+,23+,24+;11-,15+,16+,17+/m00/s1. The first-order chi connectivity index (χ1) is 46.6. The van der Waals surface area contributed by atoms with Crippen molar-refractivity contribution in [3.63, 3.8) is 0 Å². The molecule has 8 rings (SSSR count). The largest absolute Gasteiger partial charge is 0.490 e. The molecule has 2 aliphatic heterocycles. The fraction of sp³-hybridized carbons (Fsp3) is 0.449. The number of imidazole rings is 2. The number of ketones is 1. The molecule has 0 saturated carbocycles. The molecule has 100 heavy (non-hydrogen) atoms. The van der Waals surface area contributed by atoms with Crippen molar-refractivity contribution in [1.82, 2.24) is 39.0 Å². The average Bonchev–Trinajstić information content (AvgIpc) is 1.60. The Morgan fingerprint density at radius 1 is 0.620 bits per heavy atom. The first kappa shape index (κ1) is 80.2. The Morgan fingerprint density at radius 2 is 1.04 bits per heavy atom. The van der Waals surface area contributed by atoms with E-state index in [0.717, 1.165) is 19.3 Å². The third kappa shape index (κ3) is 23.2. The second kappa shape index (κ2) is 33.8. The van der Waals surface area contributed by atoms with Crippen molar-refractivity contribution in [3.8, 4) is 35.4 Å². The molecule has 18 N–H and O–H groups in total. The van der Waals surface area contributed by atoms with Crippen LogP contribution < -0.4 is 32.4 Å². The summed E-state index contributed by atoms with van der Waals surface area (Å²) in [5.74, 6) is 10.3. The van der Waals surface area contributed by atoms with Gasteiger partial charge in [-0.1, -0.05) is 30.1 Å². The number of carbonyl (C=O) groups excluding carboxylic acids is 1. The summed E-state index contributed by atoms with van der Waals surface area (Å²) >= 11 is 0. The molecule has 4 aromatic heterocycles. The third-order valence-electron chi connectivity index (χ3n) is 13.6. The summed E-state index contributed by atoms with van der Waals surface area (Å²) < 4.78 is 119. The molecule has 0 radical (unpaired) electrons. The van der Waals surface area contributed by atoms with E-state index in [4.69, 9.17) is 61.5 Å². The molecule has 4 unspecified atom stereocenters. The number of unbranched alkanes of at least 4 members (excludes halogenated alkanes) is 2. The summed E-state index contributed by atoms with van der Waals surface area (Å²) in [5.41, 5.74) is 23.4. The number of anilines is 2. The van der Waals surface area contributed by atoms with Crippen LogP contribution in [-0.4, -0.2) is 155 Å². The molecule has 45 nitrogen and oxygen atoms in total. The molecule has 12 atom stereocenters. The summed E-state index contributed by atoms with van der Waals surface area (Å²) in [6, 6.07) is 8.66. The molecule has 0 spiro atoms. The van der Waals surface area contributed by atoms with Crippen molar-refractivity contribution in [2.45, 2.75) is 114 Å². The lowest BCUT2D eigenvalue weighted by Crippen LogP contribution is -2.26. The molecule has 51 heteroatoms. The van der Waals surface area contributed by atoms with E-state index in [0.29, 0.717) is 30.5 Å². The number of hydrogen-bond acceptors (Lipinski definition) is 33. The maximum Gasteiger partial charge on any atom is 0.490 e. The third-order valence-corrected chi connectivity index (χ3v) is 21.2. The molecule has 2 saturated heterocycles. The number of nitrogen functional groups attached to an aromatic ring is 2. The number of aromatic nitrogens is 8. The minimum Gasteiger partial charge on any atom is -0.468 e. The van der Waals surface area contributed by atoms with E-state index in [1.54, 1.807) is 12.1 Å². The topological polar surface area (TPSA) is 692 Å². The molecular weight excluding hydrogens is 1470 g/mol. The van der Waals surface area contributed by atoms with Gasteiger partial charge < -0.3 is 91.2 Å². The zero-order chi connectivity index (χ0) is 73.9. The number of fused-ring (bicyclic) bond motifs is 2. The highest BCUT2D eigenvalue weighted by Gasteiger charge is 2.45. The number of phosphoric acid groups is 6. The lowest BCUT2D eigenvalue weighted by Gasteiger charge is -2.19. The lowest BCUT2D eigenvalue weighted by atomic mass is 10.0. The van der Waals surface area contributed by atoms with Gasteiger partial charge in [0.25, 0.3) is 11.4 Å². The number of phosphoric ester groups is 2. The summed E-state index contributed by atoms with van der Waals surface area (Å²) in [5, 5.41) is 44.8. The Balaban J connectivity index is 0.000000284. The zero-order valence-electron chi connectivity index (χ0n) is 51.7. The highest BCUT2D eigenvalue weighted by molar-refractivity contribution is 7.67. The van der Waals surface area contributed by atoms with Crippen molar-refractivity contribution < 1.29 is 137 Å². The second-order valence-electron chi connectivity index (χ2n) is 21.1. The van der Waals surface area contributed by atoms with Crippen molar-refractivity contribution in [2.75, 3.05) is 37.8 Å². The van der Waals surface area contributed by atoms with Gasteiger partial charge in [-0.15, -0.1) is 0 Å². The van der Waals surface area contributed by atoms with E-state index in [1.807, 2.05) is 0 Å². The summed E-state index contributed by atoms with van der Waals surface area (Å²) in [6.07, 6.45) is -3.68. The van der Waals surface area contributed by atoms with Crippen LogP contribution in [0.4, 0.5) is 23.3 Å². The molecular formula is C49H64N14O31P6. The number of nitrogens with two attached hydrogens (primary N) is 4. The SMILES string of the molecule is C[C@H](Oc1nc(N)nc2c1ncn2[C@H]1C[C@@H](O)[C@@H](COP(=O)(O)OP(=O)(O)OP(=O)(O)O)O1)c1ccc(C#CCCC(=O)CCCCCN)cc1[N+](=O)[O-].C[C@H](Oc1nc(N)nc2c1ncn2[C@H]1C[C@@H](O)[C@@H](COP(=O)(O)OP(=O)(O)OP(=O)(O)O)O1)c1ccc(C#CCN)cc1[N+](=O)[O-]. The number of carbonyl (C=O) groups is 1. The quantitative estimate of drug-likeness (QED) is 0.00974. The van der Waals surface area contributed by atoms with Gasteiger partial charge >= 0.3 is 46.9 Å². The number of nitrogens with zero attached hydrogens (tertiary/aromatic N) is 10. The van der Waals surface area contributed by atoms with E-state index in [2.05, 4.69) is 79.9 Å². The van der Waals surface area contributed by atoms with Crippen LogP contribution in [0.2, 0.25) is 0 Å². The van der Waals surface area contributed by atoms with Crippen LogP contribution in [0.1, 0.15) is 112 Å². The van der Waals surface area contributed by atoms with Crippen LogP contribution in [0.25, 0.3) is 22.3 Å². The van der Waals surface area contributed by atoms with Gasteiger partial charge in [-0.05, 0) is 57.5 Å². The average molecular weight is 1530 g/mol. The molecule has 6 aromatic rings. The molecule has 546 valence electrons. The number of aliphatic hydroxyl groups is 2. The van der Waals surface area contributed by atoms with E-state index in [1.165, 1.54) is 59.9 Å². The molecule has 2 aliphatic rings. The van der Waals surface area contributed by atoms with Gasteiger partial charge in [-0.3, -0.25) is 43.2 Å². The minimum atomic E-state index is -5.76. The van der Waals surface area contributed by atoms with E-state index in [9.17, 15) is 82.2 Å². The molecule has 6 heterocycles. The summed E-state index contributed by atoms with van der Waals surface area (Å²) in [4.78, 5) is 132. The normalized spacial score (nSPS) is 20.8. The van der Waals surface area contributed by atoms with Gasteiger partial charge in [0.2, 0.25) is 23.7 Å². The second-order valence-corrected chi connectivity index (χ2v) is 29.9. The Labute approximate surface area is 562 Å². The van der Waals surface area contributed by atoms with Crippen LogP contribution in [0.5, 0.6) is 11.8 Å². The summed E-state index contributed by atoms with van der Waals surface area (Å²) in [7, 11) is -33.6. The van der Waals surface area contributed by atoms with Gasteiger partial charge in [0.15, 0.2) is 22.3 Å². The highest BCUT2D eigenvalue weighted by atomic mass is 31.3. The van der Waals surface area contributed by atoms with Crippen LogP contribution in [0.3, 0.4) is 0 Å². The molecule has 0 aliphatic carbocycles. The zero-order valence-corrected chi connectivity index (χ0v) is 57.1. The predicted molar refractivity (Wildman–Crippen MR) is 337 cm³/mol. The van der Waals surface area contributed by atoms with Gasteiger partial charge in [0.1, 0.15) is 42.7 Å². The maximum absolute atomic E-state index is 12.1. The molecule has 2 aromatic carbocycles. The van der Waals surface area contributed by atoms with Crippen molar-refractivity contribution >= 4 is 98.3 Å². The number of aliphatic hydroxyl groups excluding tert-OH is 2. The summed E-state index contributed by atoms with van der Waals surface area (Å²) in [6.45, 7) is 1.92. The van der Waals surface area contributed by atoms with Gasteiger partial charge in [0, 0.05) is 55.4 Å². The van der Waals surface area contributed by atoms with Gasteiger partial charge in [-0.2, -0.15) is 37.2 Å². The fourth-order valence-corrected chi connectivity index (χ4v) is 15.5. The minimum absolute atomic E-state index is 0.0459. The number of Topliss-reactive ketones (excluding diaryl/α,β-unsaturated/α-hetero) is 1. The van der Waals surface area contributed by atoms with E-state index < -0.39 is 119 Å². The number of nitro benzene ring substituents is 2. The van der Waals surface area contributed by atoms with Crippen molar-refractivity contribution in [1.29, 1.82) is 0 Å². The first-order valence-electron chi connectivity index (χ1n) is 28.7. The first-order valence-corrected chi connectivity index (χ1v) is 37.7. The molecule has 0 bridgehead atoms. The number of hydrogen-bond donors (Lipinski definition) is 14. The van der Waals surface area contributed by atoms with Crippen LogP contribution >= 0.6 is 46.9 Å². The lowest BCUT2D eigenvalue weighted by molar-refractivity contribution is -0.386. The maximum atomic E-state index is 12.1. The van der Waals surface area contributed by atoms with E-state index in [-0.39, 0.29) is 100 Å². The van der Waals surface area contributed by atoms with E-state index >= 15 is 0 Å². The Hall–Kier alpha value is -7.09. The fourth-order valence-electron chi connectivity index (χ4n) is 9.41. The predicted octanol–water partition coefficient (Wildman–Crippen LogP) is 3.43. The number of benzene rings is 2. The Morgan fingerprint density at radius 3 is 1.43 bits per heavy atom.